The lowest BCUT2D eigenvalue weighted by molar-refractivity contribution is -0.116. The number of furan rings is 1. The highest BCUT2D eigenvalue weighted by molar-refractivity contribution is 6.30. The first-order valence-electron chi connectivity index (χ1n) is 11.4. The molecule has 0 saturated heterocycles. The Bertz CT molecular complexity index is 1390. The normalized spacial score (nSPS) is 11.5. The summed E-state index contributed by atoms with van der Waals surface area (Å²) in [4.78, 5) is 12.7. The van der Waals surface area contributed by atoms with Crippen molar-refractivity contribution < 1.29 is 18.7 Å². The number of fused-ring (bicyclic) bond motifs is 1. The lowest BCUT2D eigenvalue weighted by Crippen LogP contribution is -2.23. The van der Waals surface area contributed by atoms with E-state index in [4.69, 9.17) is 25.5 Å². The second-order valence-electron chi connectivity index (χ2n) is 8.34. The quantitative estimate of drug-likeness (QED) is 0.275. The van der Waals surface area contributed by atoms with Crippen molar-refractivity contribution in [1.82, 2.24) is 5.32 Å². The molecule has 0 unspecified atom stereocenters. The summed E-state index contributed by atoms with van der Waals surface area (Å²) in [6, 6.07) is 17.5. The summed E-state index contributed by atoms with van der Waals surface area (Å²) in [6.45, 7) is 4.39. The molecular weight excluding hydrogens is 462 g/mol. The first kappa shape index (κ1) is 24.4. The van der Waals surface area contributed by atoms with Crippen LogP contribution in [0.4, 0.5) is 0 Å². The van der Waals surface area contributed by atoms with Gasteiger partial charge in [0.05, 0.1) is 20.5 Å². The van der Waals surface area contributed by atoms with Crippen molar-refractivity contribution in [3.63, 3.8) is 0 Å². The summed E-state index contributed by atoms with van der Waals surface area (Å²) in [5.41, 5.74) is 6.34. The molecular formula is C29H28ClNO4. The molecule has 180 valence electrons. The summed E-state index contributed by atoms with van der Waals surface area (Å²) in [5, 5.41) is 4.60. The molecule has 0 atom stereocenters. The molecule has 0 aliphatic rings. The van der Waals surface area contributed by atoms with Gasteiger partial charge in [-0.1, -0.05) is 35.9 Å². The number of halogens is 1. The number of amides is 1. The number of allylic oxidation sites excluding steroid dienone is 1. The van der Waals surface area contributed by atoms with Gasteiger partial charge in [-0.25, -0.2) is 0 Å². The second kappa shape index (κ2) is 10.7. The van der Waals surface area contributed by atoms with Gasteiger partial charge in [0, 0.05) is 39.7 Å². The second-order valence-corrected chi connectivity index (χ2v) is 8.77. The fourth-order valence-corrected chi connectivity index (χ4v) is 4.33. The topological polar surface area (TPSA) is 60.7 Å². The number of methoxy groups -OCH3 is 2. The highest BCUT2D eigenvalue weighted by Crippen LogP contribution is 2.40. The van der Waals surface area contributed by atoms with Crippen molar-refractivity contribution >= 4 is 34.1 Å². The highest BCUT2D eigenvalue weighted by atomic mass is 35.5. The third kappa shape index (κ3) is 5.36. The number of ether oxygens (including phenoxy) is 2. The molecule has 0 aliphatic heterocycles. The summed E-state index contributed by atoms with van der Waals surface area (Å²) < 4.78 is 16.9. The number of aryl methyl sites for hydroxylation is 1. The zero-order valence-electron chi connectivity index (χ0n) is 20.3. The first-order valence-corrected chi connectivity index (χ1v) is 11.7. The number of hydrogen-bond acceptors (Lipinski definition) is 4. The number of benzene rings is 3. The third-order valence-corrected chi connectivity index (χ3v) is 6.27. The molecule has 0 fully saturated rings. The Morgan fingerprint density at radius 3 is 2.57 bits per heavy atom. The van der Waals surface area contributed by atoms with Crippen LogP contribution in [0.2, 0.25) is 5.02 Å². The molecule has 0 aliphatic carbocycles. The van der Waals surface area contributed by atoms with E-state index in [2.05, 4.69) is 5.32 Å². The van der Waals surface area contributed by atoms with Crippen LogP contribution in [-0.4, -0.2) is 26.7 Å². The molecule has 1 N–H and O–H groups in total. The molecule has 0 spiro atoms. The Balaban J connectivity index is 1.58. The average Bonchev–Trinajstić information content (AvgIpc) is 3.29. The van der Waals surface area contributed by atoms with Gasteiger partial charge < -0.3 is 19.2 Å². The first-order chi connectivity index (χ1) is 16.9. The van der Waals surface area contributed by atoms with Crippen molar-refractivity contribution in [2.75, 3.05) is 20.8 Å². The summed E-state index contributed by atoms with van der Waals surface area (Å²) in [7, 11) is 3.27. The van der Waals surface area contributed by atoms with E-state index in [0.29, 0.717) is 23.7 Å². The molecule has 4 rings (SSSR count). The number of carbonyl (C=O) groups excluding carboxylic acids is 1. The van der Waals surface area contributed by atoms with Crippen LogP contribution in [0.5, 0.6) is 11.5 Å². The van der Waals surface area contributed by atoms with Crippen LogP contribution in [-0.2, 0) is 11.2 Å². The van der Waals surface area contributed by atoms with Crippen LogP contribution in [0.3, 0.4) is 0 Å². The third-order valence-electron chi connectivity index (χ3n) is 6.02. The van der Waals surface area contributed by atoms with Crippen LogP contribution in [0.15, 0.2) is 71.4 Å². The summed E-state index contributed by atoms with van der Waals surface area (Å²) >= 11 is 6.06. The molecule has 6 heteroatoms. The van der Waals surface area contributed by atoms with Gasteiger partial charge in [0.1, 0.15) is 17.1 Å². The van der Waals surface area contributed by atoms with E-state index >= 15 is 0 Å². The highest BCUT2D eigenvalue weighted by Gasteiger charge is 2.18. The SMILES string of the molecule is COc1cccc(CCNC(=O)/C=C(\C)c2cc3c(-c4ccc(Cl)cc4)coc3c(C)c2OC)c1. The number of nitrogens with one attached hydrogen (secondary N) is 1. The van der Waals surface area contributed by atoms with Crippen molar-refractivity contribution in [2.24, 2.45) is 0 Å². The number of carbonyl (C=O) groups is 1. The largest absolute Gasteiger partial charge is 0.497 e. The predicted octanol–water partition coefficient (Wildman–Crippen LogP) is 6.84. The van der Waals surface area contributed by atoms with Gasteiger partial charge in [0.15, 0.2) is 0 Å². The van der Waals surface area contributed by atoms with E-state index < -0.39 is 0 Å². The molecule has 0 saturated carbocycles. The molecule has 3 aromatic carbocycles. The summed E-state index contributed by atoms with van der Waals surface area (Å²) in [5.74, 6) is 1.34. The smallest absolute Gasteiger partial charge is 0.244 e. The van der Waals surface area contributed by atoms with E-state index in [9.17, 15) is 4.79 Å². The van der Waals surface area contributed by atoms with Gasteiger partial charge in [-0.05, 0) is 67.3 Å². The van der Waals surface area contributed by atoms with Crippen LogP contribution in [0.25, 0.3) is 27.7 Å². The molecule has 5 nitrogen and oxygen atoms in total. The van der Waals surface area contributed by atoms with Crippen LogP contribution >= 0.6 is 11.6 Å². The molecule has 4 aromatic rings. The maximum Gasteiger partial charge on any atom is 0.244 e. The van der Waals surface area contributed by atoms with E-state index in [1.807, 2.05) is 68.4 Å². The fraction of sp³-hybridized carbons (Fsp3) is 0.207. The van der Waals surface area contributed by atoms with Crippen molar-refractivity contribution in [1.29, 1.82) is 0 Å². The van der Waals surface area contributed by atoms with Crippen LogP contribution in [0.1, 0.15) is 23.6 Å². The minimum absolute atomic E-state index is 0.157. The summed E-state index contributed by atoms with van der Waals surface area (Å²) in [6.07, 6.45) is 4.06. The Kier molecular flexibility index (Phi) is 7.47. The lowest BCUT2D eigenvalue weighted by atomic mass is 9.96. The lowest BCUT2D eigenvalue weighted by Gasteiger charge is -2.13. The molecule has 1 aromatic heterocycles. The standard InChI is InChI=1S/C29H28ClNO4/c1-18(14-27(32)31-13-12-20-6-5-7-23(15-20)33-3)24-16-25-26(21-8-10-22(30)11-9-21)17-35-29(25)19(2)28(24)34-4/h5-11,14-17H,12-13H2,1-4H3,(H,31,32)/b18-14+. The molecule has 35 heavy (non-hydrogen) atoms. The van der Waals surface area contributed by atoms with Crippen molar-refractivity contribution in [2.45, 2.75) is 20.3 Å². The predicted molar refractivity (Wildman–Crippen MR) is 141 cm³/mol. The molecule has 1 heterocycles. The van der Waals surface area contributed by atoms with Crippen LogP contribution < -0.4 is 14.8 Å². The van der Waals surface area contributed by atoms with E-state index in [0.717, 1.165) is 50.1 Å². The molecule has 0 bridgehead atoms. The van der Waals surface area contributed by atoms with E-state index in [1.165, 1.54) is 0 Å². The van der Waals surface area contributed by atoms with Gasteiger partial charge in [-0.2, -0.15) is 0 Å². The Hall–Kier alpha value is -3.70. The number of rotatable bonds is 8. The molecule has 0 radical (unpaired) electrons. The van der Waals surface area contributed by atoms with E-state index in [-0.39, 0.29) is 5.91 Å². The monoisotopic (exact) mass is 489 g/mol. The average molecular weight is 490 g/mol. The maximum absolute atomic E-state index is 12.7. The Labute approximate surface area is 210 Å². The van der Waals surface area contributed by atoms with Gasteiger partial charge in [-0.3, -0.25) is 4.79 Å². The van der Waals surface area contributed by atoms with Crippen molar-refractivity contribution in [3.8, 4) is 22.6 Å². The van der Waals surface area contributed by atoms with Gasteiger partial charge >= 0.3 is 0 Å². The maximum atomic E-state index is 12.7. The Morgan fingerprint density at radius 1 is 1.09 bits per heavy atom. The van der Waals surface area contributed by atoms with Crippen molar-refractivity contribution in [3.05, 3.63) is 88.6 Å². The number of hydrogen-bond donors (Lipinski definition) is 1. The van der Waals surface area contributed by atoms with E-state index in [1.54, 1.807) is 26.6 Å². The zero-order chi connectivity index (χ0) is 24.9. The van der Waals surface area contributed by atoms with Gasteiger partial charge in [0.25, 0.3) is 0 Å². The van der Waals surface area contributed by atoms with Crippen LogP contribution in [0, 0.1) is 6.92 Å². The zero-order valence-corrected chi connectivity index (χ0v) is 21.0. The van der Waals surface area contributed by atoms with Gasteiger partial charge in [-0.15, -0.1) is 0 Å². The Morgan fingerprint density at radius 2 is 1.86 bits per heavy atom. The minimum atomic E-state index is -0.157. The fourth-order valence-electron chi connectivity index (χ4n) is 4.21. The molecule has 1 amide bonds. The minimum Gasteiger partial charge on any atom is -0.497 e. The van der Waals surface area contributed by atoms with Gasteiger partial charge in [0.2, 0.25) is 5.91 Å².